The highest BCUT2D eigenvalue weighted by molar-refractivity contribution is 5.93. The van der Waals surface area contributed by atoms with E-state index in [0.717, 1.165) is 29.1 Å². The summed E-state index contributed by atoms with van der Waals surface area (Å²) in [7, 11) is 0. The lowest BCUT2D eigenvalue weighted by Gasteiger charge is -2.35. The van der Waals surface area contributed by atoms with Gasteiger partial charge >= 0.3 is 12.2 Å². The van der Waals surface area contributed by atoms with Gasteiger partial charge in [-0.05, 0) is 35.8 Å². The number of carbonyl (C=O) groups is 1. The van der Waals surface area contributed by atoms with Crippen molar-refractivity contribution >= 4 is 23.5 Å². The number of aromatic nitrogens is 2. The predicted molar refractivity (Wildman–Crippen MR) is 122 cm³/mol. The number of aliphatic imine (C=N–C) groups is 1. The van der Waals surface area contributed by atoms with Crippen molar-refractivity contribution in [1.29, 1.82) is 0 Å². The number of amides is 2. The van der Waals surface area contributed by atoms with Crippen LogP contribution in [0.25, 0.3) is 0 Å². The number of nitrogens with one attached hydrogen (secondary N) is 1. The number of carbonyl (C=O) groups excluding carboxylic acids is 1. The van der Waals surface area contributed by atoms with Crippen molar-refractivity contribution in [1.82, 2.24) is 19.8 Å². The first-order chi connectivity index (χ1) is 16.8. The van der Waals surface area contributed by atoms with Crippen molar-refractivity contribution < 1.29 is 22.7 Å². The van der Waals surface area contributed by atoms with Crippen LogP contribution in [0.1, 0.15) is 29.9 Å². The number of benzene rings is 1. The van der Waals surface area contributed by atoms with Crippen molar-refractivity contribution in [2.45, 2.75) is 24.9 Å². The molecule has 1 aromatic heterocycles. The molecule has 0 aliphatic carbocycles. The van der Waals surface area contributed by atoms with Crippen LogP contribution < -0.4 is 11.1 Å². The van der Waals surface area contributed by atoms with Crippen LogP contribution in [0.3, 0.4) is 0 Å². The van der Waals surface area contributed by atoms with Crippen LogP contribution in [0.2, 0.25) is 0 Å². The number of nitrogens with two attached hydrogens (primary N) is 1. The fraction of sp³-hybridized carbons (Fsp3) is 0.391. The topological polar surface area (TPSA) is 109 Å². The lowest BCUT2D eigenvalue weighted by atomic mass is 9.86. The molecule has 0 radical (unpaired) electrons. The van der Waals surface area contributed by atoms with Gasteiger partial charge in [-0.3, -0.25) is 4.90 Å². The first-order valence-electron chi connectivity index (χ1n) is 11.3. The summed E-state index contributed by atoms with van der Waals surface area (Å²) in [5.74, 6) is 1.43. The molecule has 1 saturated heterocycles. The van der Waals surface area contributed by atoms with E-state index in [9.17, 15) is 18.0 Å². The summed E-state index contributed by atoms with van der Waals surface area (Å²) in [6.07, 6.45) is 0.0745. The SMILES string of the molecule is Nc1ncc(C2CC(N3CCOCC3)=NC3=C2CCN3C(=O)Nc2cccc(C(F)(F)F)c2)cn1. The van der Waals surface area contributed by atoms with E-state index in [1.807, 2.05) is 0 Å². The van der Waals surface area contributed by atoms with Gasteiger partial charge < -0.3 is 20.7 Å². The molecule has 3 aliphatic heterocycles. The van der Waals surface area contributed by atoms with Crippen molar-refractivity contribution in [3.63, 3.8) is 0 Å². The van der Waals surface area contributed by atoms with Gasteiger partial charge in [0, 0.05) is 50.1 Å². The Balaban J connectivity index is 1.45. The van der Waals surface area contributed by atoms with E-state index in [2.05, 4.69) is 20.2 Å². The van der Waals surface area contributed by atoms with Crippen LogP contribution in [-0.2, 0) is 10.9 Å². The summed E-state index contributed by atoms with van der Waals surface area (Å²) in [4.78, 5) is 29.9. The zero-order valence-electron chi connectivity index (χ0n) is 18.8. The van der Waals surface area contributed by atoms with Crippen LogP contribution in [0.15, 0.2) is 53.0 Å². The number of ether oxygens (including phenoxy) is 1. The van der Waals surface area contributed by atoms with E-state index in [-0.39, 0.29) is 17.6 Å². The maximum atomic E-state index is 13.2. The Morgan fingerprint density at radius 2 is 1.89 bits per heavy atom. The molecule has 1 unspecified atom stereocenters. The van der Waals surface area contributed by atoms with Crippen molar-refractivity contribution in [3.8, 4) is 0 Å². The van der Waals surface area contributed by atoms with E-state index in [4.69, 9.17) is 15.5 Å². The van der Waals surface area contributed by atoms with Gasteiger partial charge in [0.1, 0.15) is 11.7 Å². The van der Waals surface area contributed by atoms with E-state index < -0.39 is 17.8 Å². The molecule has 2 amide bonds. The standard InChI is InChI=1S/C23H24F3N7O2/c24-23(25,26)15-2-1-3-16(10-15)30-22(34)33-5-4-17-18(14-12-28-21(27)29-13-14)11-19(31-20(17)33)32-6-8-35-9-7-32/h1-3,10,12-13,18H,4-9,11H2,(H,30,34)(H2,27,28,29). The zero-order chi connectivity index (χ0) is 24.6. The van der Waals surface area contributed by atoms with E-state index >= 15 is 0 Å². The van der Waals surface area contributed by atoms with Crippen LogP contribution >= 0.6 is 0 Å². The first kappa shape index (κ1) is 23.1. The number of anilines is 2. The van der Waals surface area contributed by atoms with Crippen molar-refractivity contribution in [2.24, 2.45) is 4.99 Å². The van der Waals surface area contributed by atoms with Crippen LogP contribution in [0.5, 0.6) is 0 Å². The number of hydrogen-bond acceptors (Lipinski definition) is 7. The lowest BCUT2D eigenvalue weighted by Crippen LogP contribution is -2.43. The van der Waals surface area contributed by atoms with Gasteiger partial charge in [-0.25, -0.2) is 19.8 Å². The van der Waals surface area contributed by atoms with Gasteiger partial charge in [0.15, 0.2) is 0 Å². The Hall–Kier alpha value is -3.67. The van der Waals surface area contributed by atoms with Crippen molar-refractivity contribution in [3.05, 3.63) is 59.2 Å². The second kappa shape index (κ2) is 9.17. The molecule has 184 valence electrons. The fourth-order valence-electron chi connectivity index (χ4n) is 4.59. The van der Waals surface area contributed by atoms with E-state index in [1.54, 1.807) is 12.4 Å². The highest BCUT2D eigenvalue weighted by atomic mass is 19.4. The second-order valence-electron chi connectivity index (χ2n) is 8.52. The predicted octanol–water partition coefficient (Wildman–Crippen LogP) is 3.45. The molecule has 0 bridgehead atoms. The average molecular weight is 487 g/mol. The number of urea groups is 1. The number of morpholine rings is 1. The quantitative estimate of drug-likeness (QED) is 0.672. The third-order valence-electron chi connectivity index (χ3n) is 6.35. The number of nitrogens with zero attached hydrogens (tertiary/aromatic N) is 5. The number of rotatable bonds is 2. The number of hydrogen-bond donors (Lipinski definition) is 2. The highest BCUT2D eigenvalue weighted by Gasteiger charge is 2.38. The first-order valence-corrected chi connectivity index (χ1v) is 11.3. The Kier molecular flexibility index (Phi) is 6.05. The number of alkyl halides is 3. The molecular weight excluding hydrogens is 463 g/mol. The van der Waals surface area contributed by atoms with Gasteiger partial charge in [-0.2, -0.15) is 13.2 Å². The molecule has 0 saturated carbocycles. The second-order valence-corrected chi connectivity index (χ2v) is 8.52. The smallest absolute Gasteiger partial charge is 0.378 e. The summed E-state index contributed by atoms with van der Waals surface area (Å²) in [5.41, 5.74) is 6.74. The minimum absolute atomic E-state index is 0.0653. The molecule has 12 heteroatoms. The molecule has 1 atom stereocenters. The summed E-state index contributed by atoms with van der Waals surface area (Å²) in [5, 5.41) is 2.59. The summed E-state index contributed by atoms with van der Waals surface area (Å²) in [6.45, 7) is 2.90. The van der Waals surface area contributed by atoms with Gasteiger partial charge in [0.2, 0.25) is 5.95 Å². The van der Waals surface area contributed by atoms with Crippen LogP contribution in [-0.4, -0.2) is 64.5 Å². The van der Waals surface area contributed by atoms with E-state index in [0.29, 0.717) is 51.5 Å². The zero-order valence-corrected chi connectivity index (χ0v) is 18.8. The van der Waals surface area contributed by atoms with Gasteiger partial charge in [-0.15, -0.1) is 0 Å². The normalized spacial score (nSPS) is 20.5. The summed E-state index contributed by atoms with van der Waals surface area (Å²) in [6, 6.07) is 4.04. The summed E-state index contributed by atoms with van der Waals surface area (Å²) >= 11 is 0. The Labute approximate surface area is 199 Å². The largest absolute Gasteiger partial charge is 0.416 e. The number of amidine groups is 1. The fourth-order valence-corrected chi connectivity index (χ4v) is 4.59. The third kappa shape index (κ3) is 4.78. The highest BCUT2D eigenvalue weighted by Crippen LogP contribution is 2.42. The molecule has 35 heavy (non-hydrogen) atoms. The Bertz CT molecular complexity index is 1170. The van der Waals surface area contributed by atoms with Crippen molar-refractivity contribution in [2.75, 3.05) is 43.9 Å². The molecule has 1 aromatic carbocycles. The maximum Gasteiger partial charge on any atom is 0.416 e. The molecule has 5 rings (SSSR count). The van der Waals surface area contributed by atoms with Gasteiger partial charge in [0.05, 0.1) is 18.8 Å². The monoisotopic (exact) mass is 487 g/mol. The minimum atomic E-state index is -4.50. The minimum Gasteiger partial charge on any atom is -0.378 e. The van der Waals surface area contributed by atoms with Crippen LogP contribution in [0.4, 0.5) is 29.6 Å². The van der Waals surface area contributed by atoms with Gasteiger partial charge in [0.25, 0.3) is 0 Å². The molecule has 3 aliphatic rings. The maximum absolute atomic E-state index is 13.2. The van der Waals surface area contributed by atoms with Gasteiger partial charge in [-0.1, -0.05) is 6.07 Å². The molecule has 9 nitrogen and oxygen atoms in total. The average Bonchev–Trinajstić information content (AvgIpc) is 3.28. The Morgan fingerprint density at radius 1 is 1.14 bits per heavy atom. The molecule has 0 spiro atoms. The molecule has 1 fully saturated rings. The number of halogens is 3. The third-order valence-corrected chi connectivity index (χ3v) is 6.35. The Morgan fingerprint density at radius 3 is 2.60 bits per heavy atom. The van der Waals surface area contributed by atoms with Crippen LogP contribution in [0, 0.1) is 0 Å². The lowest BCUT2D eigenvalue weighted by molar-refractivity contribution is -0.137. The molecule has 4 heterocycles. The van der Waals surface area contributed by atoms with E-state index in [1.165, 1.54) is 17.0 Å². The summed E-state index contributed by atoms with van der Waals surface area (Å²) < 4.78 is 44.8. The molecule has 3 N–H and O–H groups in total. The molecule has 2 aromatic rings. The number of nitrogen functional groups attached to an aromatic ring is 1. The molecular formula is C23H24F3N7O2.